The molecule has 0 bridgehead atoms. The van der Waals surface area contributed by atoms with Crippen molar-refractivity contribution in [3.05, 3.63) is 35.4 Å². The van der Waals surface area contributed by atoms with Gasteiger partial charge >= 0.3 is 0 Å². The highest BCUT2D eigenvalue weighted by molar-refractivity contribution is 5.73. The number of rotatable bonds is 3. The molecule has 1 amide bonds. The molecule has 0 saturated carbocycles. The number of carbonyl (C=O) groups excluding carboxylic acids is 1. The monoisotopic (exact) mass is 300 g/mol. The third-order valence-electron chi connectivity index (χ3n) is 5.45. The van der Waals surface area contributed by atoms with Crippen LogP contribution in [0.1, 0.15) is 37.3 Å². The Morgan fingerprint density at radius 3 is 2.55 bits per heavy atom. The molecule has 3 heteroatoms. The van der Waals surface area contributed by atoms with Crippen molar-refractivity contribution in [1.82, 2.24) is 9.80 Å². The molecule has 1 unspecified atom stereocenters. The molecule has 120 valence electrons. The maximum Gasteiger partial charge on any atom is 0.219 e. The van der Waals surface area contributed by atoms with Crippen LogP contribution in [0.2, 0.25) is 0 Å². The van der Waals surface area contributed by atoms with Gasteiger partial charge in [-0.1, -0.05) is 29.8 Å². The van der Waals surface area contributed by atoms with Crippen molar-refractivity contribution in [2.24, 2.45) is 11.8 Å². The van der Waals surface area contributed by atoms with Gasteiger partial charge in [0.1, 0.15) is 0 Å². The van der Waals surface area contributed by atoms with Gasteiger partial charge in [0.05, 0.1) is 0 Å². The van der Waals surface area contributed by atoms with Gasteiger partial charge in [-0.15, -0.1) is 0 Å². The standard InChI is InChI=1S/C19H28N2O/c1-15-4-3-5-17(12-15)13-20-9-6-19(14-20)18-7-10-21(11-8-18)16(2)22/h3-5,12,18-19H,6-11,13-14H2,1-2H3. The first-order chi connectivity index (χ1) is 10.6. The summed E-state index contributed by atoms with van der Waals surface area (Å²) in [5, 5.41) is 0. The minimum atomic E-state index is 0.242. The van der Waals surface area contributed by atoms with Gasteiger partial charge in [-0.3, -0.25) is 9.69 Å². The van der Waals surface area contributed by atoms with Crippen molar-refractivity contribution in [3.63, 3.8) is 0 Å². The van der Waals surface area contributed by atoms with Gasteiger partial charge in [0.15, 0.2) is 0 Å². The number of amides is 1. The number of hydrogen-bond donors (Lipinski definition) is 0. The Bertz CT molecular complexity index is 520. The zero-order chi connectivity index (χ0) is 15.5. The van der Waals surface area contributed by atoms with Crippen LogP contribution in [0.4, 0.5) is 0 Å². The van der Waals surface area contributed by atoms with Crippen molar-refractivity contribution >= 4 is 5.91 Å². The summed E-state index contributed by atoms with van der Waals surface area (Å²) < 4.78 is 0. The molecule has 3 nitrogen and oxygen atoms in total. The highest BCUT2D eigenvalue weighted by Gasteiger charge is 2.32. The van der Waals surface area contributed by atoms with Gasteiger partial charge in [0.25, 0.3) is 0 Å². The van der Waals surface area contributed by atoms with E-state index in [1.54, 1.807) is 6.92 Å². The van der Waals surface area contributed by atoms with E-state index in [1.807, 2.05) is 4.90 Å². The zero-order valence-electron chi connectivity index (χ0n) is 13.9. The lowest BCUT2D eigenvalue weighted by atomic mass is 9.84. The topological polar surface area (TPSA) is 23.6 Å². The summed E-state index contributed by atoms with van der Waals surface area (Å²) in [6.45, 7) is 9.34. The quantitative estimate of drug-likeness (QED) is 0.856. The highest BCUT2D eigenvalue weighted by atomic mass is 16.2. The van der Waals surface area contributed by atoms with E-state index < -0.39 is 0 Å². The van der Waals surface area contributed by atoms with Crippen LogP contribution in [-0.4, -0.2) is 41.9 Å². The van der Waals surface area contributed by atoms with Crippen LogP contribution in [0, 0.1) is 18.8 Å². The van der Waals surface area contributed by atoms with Gasteiger partial charge in [0.2, 0.25) is 5.91 Å². The molecule has 1 aromatic carbocycles. The van der Waals surface area contributed by atoms with Gasteiger partial charge in [0, 0.05) is 33.1 Å². The van der Waals surface area contributed by atoms with Gasteiger partial charge in [-0.25, -0.2) is 0 Å². The molecule has 1 aromatic rings. The first-order valence-corrected chi connectivity index (χ1v) is 8.65. The first-order valence-electron chi connectivity index (χ1n) is 8.65. The molecule has 3 rings (SSSR count). The molecule has 1 atom stereocenters. The fraction of sp³-hybridized carbons (Fsp3) is 0.632. The van der Waals surface area contributed by atoms with Crippen LogP contribution in [0.3, 0.4) is 0 Å². The number of piperidine rings is 1. The fourth-order valence-corrected chi connectivity index (χ4v) is 4.15. The van der Waals surface area contributed by atoms with Gasteiger partial charge in [-0.2, -0.15) is 0 Å². The first kappa shape index (κ1) is 15.5. The Morgan fingerprint density at radius 1 is 1.14 bits per heavy atom. The molecule has 2 saturated heterocycles. The van der Waals surface area contributed by atoms with E-state index in [1.165, 1.54) is 43.5 Å². The minimum absolute atomic E-state index is 0.242. The predicted octanol–water partition coefficient (Wildman–Crippen LogP) is 3.08. The molecule has 2 aliphatic rings. The second kappa shape index (κ2) is 6.82. The van der Waals surface area contributed by atoms with Crippen LogP contribution in [0.15, 0.2) is 24.3 Å². The lowest BCUT2D eigenvalue weighted by Crippen LogP contribution is -2.39. The summed E-state index contributed by atoms with van der Waals surface area (Å²) in [6.07, 6.45) is 3.72. The summed E-state index contributed by atoms with van der Waals surface area (Å²) in [5.41, 5.74) is 2.79. The zero-order valence-corrected chi connectivity index (χ0v) is 13.9. The van der Waals surface area contributed by atoms with E-state index in [-0.39, 0.29) is 5.91 Å². The Balaban J connectivity index is 1.49. The Kier molecular flexibility index (Phi) is 4.82. The van der Waals surface area contributed by atoms with Crippen molar-refractivity contribution in [2.75, 3.05) is 26.2 Å². The minimum Gasteiger partial charge on any atom is -0.343 e. The third-order valence-corrected chi connectivity index (χ3v) is 5.45. The van der Waals surface area contributed by atoms with Crippen molar-refractivity contribution in [3.8, 4) is 0 Å². The summed E-state index contributed by atoms with van der Waals surface area (Å²) in [7, 11) is 0. The predicted molar refractivity (Wildman–Crippen MR) is 89.5 cm³/mol. The molecular weight excluding hydrogens is 272 g/mol. The van der Waals surface area contributed by atoms with Crippen LogP contribution < -0.4 is 0 Å². The normalized spacial score (nSPS) is 23.9. The van der Waals surface area contributed by atoms with E-state index in [9.17, 15) is 4.79 Å². The number of nitrogens with zero attached hydrogens (tertiary/aromatic N) is 2. The Labute approximate surface area is 134 Å². The molecular formula is C19H28N2O. The lowest BCUT2D eigenvalue weighted by Gasteiger charge is -2.34. The maximum atomic E-state index is 11.4. The number of aryl methyl sites for hydroxylation is 1. The second-order valence-corrected chi connectivity index (χ2v) is 7.12. The van der Waals surface area contributed by atoms with Crippen LogP contribution in [-0.2, 0) is 11.3 Å². The third kappa shape index (κ3) is 3.70. The maximum absolute atomic E-state index is 11.4. The molecule has 22 heavy (non-hydrogen) atoms. The molecule has 0 aliphatic carbocycles. The Hall–Kier alpha value is -1.35. The smallest absolute Gasteiger partial charge is 0.219 e. The summed E-state index contributed by atoms with van der Waals surface area (Å²) in [4.78, 5) is 16.0. The van der Waals surface area contributed by atoms with Crippen molar-refractivity contribution in [2.45, 2.75) is 39.7 Å². The van der Waals surface area contributed by atoms with E-state index >= 15 is 0 Å². The van der Waals surface area contributed by atoms with Crippen LogP contribution in [0.25, 0.3) is 0 Å². The highest BCUT2D eigenvalue weighted by Crippen LogP contribution is 2.32. The molecule has 0 N–H and O–H groups in total. The van der Waals surface area contributed by atoms with Crippen molar-refractivity contribution < 1.29 is 4.79 Å². The second-order valence-electron chi connectivity index (χ2n) is 7.12. The van der Waals surface area contributed by atoms with Crippen molar-refractivity contribution in [1.29, 1.82) is 0 Å². The molecule has 0 spiro atoms. The Morgan fingerprint density at radius 2 is 1.86 bits per heavy atom. The number of likely N-dealkylation sites (tertiary alicyclic amines) is 2. The summed E-state index contributed by atoms with van der Waals surface area (Å²) in [5.74, 6) is 1.89. The molecule has 2 heterocycles. The summed E-state index contributed by atoms with van der Waals surface area (Å²) >= 11 is 0. The van der Waals surface area contributed by atoms with E-state index in [4.69, 9.17) is 0 Å². The average Bonchev–Trinajstić information content (AvgIpc) is 2.96. The number of benzene rings is 1. The number of carbonyl (C=O) groups is 1. The molecule has 0 aromatic heterocycles. The SMILES string of the molecule is CC(=O)N1CCC(C2CCN(Cc3cccc(C)c3)C2)CC1. The molecule has 2 fully saturated rings. The average molecular weight is 300 g/mol. The largest absolute Gasteiger partial charge is 0.343 e. The van der Waals surface area contributed by atoms with Gasteiger partial charge in [-0.05, 0) is 50.1 Å². The van der Waals surface area contributed by atoms with Crippen LogP contribution >= 0.6 is 0 Å². The number of hydrogen-bond acceptors (Lipinski definition) is 2. The van der Waals surface area contributed by atoms with E-state index in [2.05, 4.69) is 36.1 Å². The van der Waals surface area contributed by atoms with E-state index in [0.29, 0.717) is 0 Å². The van der Waals surface area contributed by atoms with E-state index in [0.717, 1.165) is 31.5 Å². The molecule has 2 aliphatic heterocycles. The molecule has 0 radical (unpaired) electrons. The summed E-state index contributed by atoms with van der Waals surface area (Å²) in [6, 6.07) is 8.87. The lowest BCUT2D eigenvalue weighted by molar-refractivity contribution is -0.130. The van der Waals surface area contributed by atoms with Crippen LogP contribution in [0.5, 0.6) is 0 Å². The fourth-order valence-electron chi connectivity index (χ4n) is 4.15. The van der Waals surface area contributed by atoms with Gasteiger partial charge < -0.3 is 4.90 Å².